The average Bonchev–Trinajstić information content (AvgIpc) is 2.62. The maximum atomic E-state index is 12.9. The lowest BCUT2D eigenvalue weighted by Crippen LogP contribution is -2.31. The van der Waals surface area contributed by atoms with E-state index in [0.29, 0.717) is 23.9 Å². The van der Waals surface area contributed by atoms with Gasteiger partial charge >= 0.3 is 0 Å². The SMILES string of the molecule is CCN(CC)S(=O)(=O)c1cc(C)c(C)c(NC(=S)Nc2cc(C)ccc2C)c1. The van der Waals surface area contributed by atoms with Crippen molar-refractivity contribution in [3.05, 3.63) is 52.6 Å². The number of rotatable bonds is 6. The monoisotopic (exact) mass is 419 g/mol. The van der Waals surface area contributed by atoms with E-state index < -0.39 is 10.0 Å². The third-order valence-electron chi connectivity index (χ3n) is 4.87. The third kappa shape index (κ3) is 4.90. The Labute approximate surface area is 174 Å². The van der Waals surface area contributed by atoms with Crippen molar-refractivity contribution in [2.45, 2.75) is 46.4 Å². The molecule has 0 fully saturated rings. The summed E-state index contributed by atoms with van der Waals surface area (Å²) in [5.41, 5.74) is 5.69. The van der Waals surface area contributed by atoms with E-state index in [9.17, 15) is 8.42 Å². The van der Waals surface area contributed by atoms with Gasteiger partial charge in [0.1, 0.15) is 0 Å². The molecule has 2 N–H and O–H groups in total. The number of sulfonamides is 1. The number of nitrogens with one attached hydrogen (secondary N) is 2. The van der Waals surface area contributed by atoms with Crippen LogP contribution in [0.1, 0.15) is 36.1 Å². The first kappa shape index (κ1) is 22.3. The van der Waals surface area contributed by atoms with Gasteiger partial charge in [-0.15, -0.1) is 0 Å². The van der Waals surface area contributed by atoms with Crippen LogP contribution in [0.5, 0.6) is 0 Å². The Morgan fingerprint density at radius 3 is 2.14 bits per heavy atom. The van der Waals surface area contributed by atoms with Gasteiger partial charge in [-0.05, 0) is 80.4 Å². The van der Waals surface area contributed by atoms with E-state index in [-0.39, 0.29) is 4.90 Å². The van der Waals surface area contributed by atoms with E-state index in [2.05, 4.69) is 10.6 Å². The lowest BCUT2D eigenvalue weighted by atomic mass is 10.1. The Balaban J connectivity index is 2.34. The van der Waals surface area contributed by atoms with Crippen molar-refractivity contribution in [1.82, 2.24) is 4.31 Å². The number of benzene rings is 2. The van der Waals surface area contributed by atoms with Crippen LogP contribution < -0.4 is 10.6 Å². The standard InChI is InChI=1S/C21H29N3O2S2/c1-7-24(8-2)28(25,26)18-12-16(5)17(6)20(13-18)23-21(27)22-19-11-14(3)9-10-15(19)4/h9-13H,7-8H2,1-6H3,(H2,22,23,27). The predicted octanol–water partition coefficient (Wildman–Crippen LogP) is 4.76. The molecule has 152 valence electrons. The summed E-state index contributed by atoms with van der Waals surface area (Å²) in [6, 6.07) is 9.49. The molecule has 0 spiro atoms. The second kappa shape index (κ2) is 9.03. The molecule has 0 bridgehead atoms. The minimum atomic E-state index is -3.54. The zero-order chi connectivity index (χ0) is 21.1. The molecule has 5 nitrogen and oxygen atoms in total. The molecule has 0 saturated heterocycles. The van der Waals surface area contributed by atoms with Crippen molar-refractivity contribution >= 4 is 38.7 Å². The summed E-state index contributed by atoms with van der Waals surface area (Å²) in [6.45, 7) is 12.4. The largest absolute Gasteiger partial charge is 0.332 e. The van der Waals surface area contributed by atoms with Gasteiger partial charge in [-0.2, -0.15) is 4.31 Å². The third-order valence-corrected chi connectivity index (χ3v) is 7.11. The molecule has 0 saturated carbocycles. The summed E-state index contributed by atoms with van der Waals surface area (Å²) in [7, 11) is -3.54. The number of hydrogen-bond acceptors (Lipinski definition) is 3. The van der Waals surface area contributed by atoms with E-state index >= 15 is 0 Å². The van der Waals surface area contributed by atoms with Crippen LogP contribution in [0.25, 0.3) is 0 Å². The van der Waals surface area contributed by atoms with E-state index in [0.717, 1.165) is 27.9 Å². The normalized spacial score (nSPS) is 11.5. The topological polar surface area (TPSA) is 61.4 Å². The molecule has 7 heteroatoms. The average molecular weight is 420 g/mol. The van der Waals surface area contributed by atoms with Crippen molar-refractivity contribution in [3.63, 3.8) is 0 Å². The van der Waals surface area contributed by atoms with Crippen LogP contribution in [-0.2, 0) is 10.0 Å². The van der Waals surface area contributed by atoms with Crippen LogP contribution in [0.4, 0.5) is 11.4 Å². The van der Waals surface area contributed by atoms with Gasteiger partial charge in [0.2, 0.25) is 10.0 Å². The number of thiocarbonyl (C=S) groups is 1. The van der Waals surface area contributed by atoms with Crippen LogP contribution in [0.2, 0.25) is 0 Å². The summed E-state index contributed by atoms with van der Waals surface area (Å²) in [5, 5.41) is 6.81. The highest BCUT2D eigenvalue weighted by Gasteiger charge is 2.23. The molecular formula is C21H29N3O2S2. The Morgan fingerprint density at radius 1 is 0.929 bits per heavy atom. The molecule has 0 aliphatic heterocycles. The number of aryl methyl sites for hydroxylation is 3. The van der Waals surface area contributed by atoms with E-state index in [1.54, 1.807) is 12.1 Å². The molecule has 2 rings (SSSR count). The maximum absolute atomic E-state index is 12.9. The summed E-state index contributed by atoms with van der Waals surface area (Å²) in [4.78, 5) is 0.274. The first-order valence-corrected chi connectivity index (χ1v) is 11.2. The first-order chi connectivity index (χ1) is 13.1. The van der Waals surface area contributed by atoms with Gasteiger partial charge in [0.25, 0.3) is 0 Å². The van der Waals surface area contributed by atoms with E-state index in [1.165, 1.54) is 4.31 Å². The first-order valence-electron chi connectivity index (χ1n) is 9.36. The maximum Gasteiger partial charge on any atom is 0.243 e. The van der Waals surface area contributed by atoms with Gasteiger partial charge < -0.3 is 10.6 Å². The summed E-state index contributed by atoms with van der Waals surface area (Å²) >= 11 is 5.48. The molecule has 0 amide bonds. The van der Waals surface area contributed by atoms with Gasteiger partial charge in [0, 0.05) is 24.5 Å². The Morgan fingerprint density at radius 2 is 1.54 bits per heavy atom. The molecule has 2 aromatic carbocycles. The van der Waals surface area contributed by atoms with Gasteiger partial charge in [-0.1, -0.05) is 26.0 Å². The number of anilines is 2. The van der Waals surface area contributed by atoms with Gasteiger partial charge in [-0.3, -0.25) is 0 Å². The Bertz CT molecular complexity index is 981. The summed E-state index contributed by atoms with van der Waals surface area (Å²) in [5.74, 6) is 0. The summed E-state index contributed by atoms with van der Waals surface area (Å²) in [6.07, 6.45) is 0. The Hall–Kier alpha value is -1.96. The fourth-order valence-corrected chi connectivity index (χ4v) is 4.75. The van der Waals surface area contributed by atoms with Crippen molar-refractivity contribution in [1.29, 1.82) is 0 Å². The molecule has 0 aliphatic carbocycles. The van der Waals surface area contributed by atoms with Gasteiger partial charge in [0.15, 0.2) is 5.11 Å². The minimum Gasteiger partial charge on any atom is -0.332 e. The fraction of sp³-hybridized carbons (Fsp3) is 0.381. The van der Waals surface area contributed by atoms with E-state index in [1.807, 2.05) is 59.7 Å². The lowest BCUT2D eigenvalue weighted by Gasteiger charge is -2.21. The fourth-order valence-electron chi connectivity index (χ4n) is 2.96. The van der Waals surface area contributed by atoms with Crippen LogP contribution in [-0.4, -0.2) is 30.9 Å². The highest BCUT2D eigenvalue weighted by atomic mass is 32.2. The smallest absolute Gasteiger partial charge is 0.243 e. The van der Waals surface area contributed by atoms with Crippen molar-refractivity contribution in [2.24, 2.45) is 0 Å². The minimum absolute atomic E-state index is 0.274. The van der Waals surface area contributed by atoms with Gasteiger partial charge in [-0.25, -0.2) is 8.42 Å². The highest BCUT2D eigenvalue weighted by Crippen LogP contribution is 2.27. The second-order valence-corrected chi connectivity index (χ2v) is 9.25. The van der Waals surface area contributed by atoms with Crippen LogP contribution >= 0.6 is 12.2 Å². The quantitative estimate of drug-likeness (QED) is 0.661. The zero-order valence-corrected chi connectivity index (χ0v) is 19.0. The van der Waals surface area contributed by atoms with Crippen LogP contribution in [0.15, 0.2) is 35.2 Å². The molecule has 0 atom stereocenters. The highest BCUT2D eigenvalue weighted by molar-refractivity contribution is 7.89. The molecular weight excluding hydrogens is 390 g/mol. The zero-order valence-electron chi connectivity index (χ0n) is 17.4. The molecule has 2 aromatic rings. The summed E-state index contributed by atoms with van der Waals surface area (Å²) < 4.78 is 27.3. The van der Waals surface area contributed by atoms with Crippen molar-refractivity contribution in [2.75, 3.05) is 23.7 Å². The molecule has 0 aromatic heterocycles. The molecule has 0 heterocycles. The van der Waals surface area contributed by atoms with E-state index in [4.69, 9.17) is 12.2 Å². The molecule has 0 radical (unpaired) electrons. The molecule has 28 heavy (non-hydrogen) atoms. The number of nitrogens with zero attached hydrogens (tertiary/aromatic N) is 1. The van der Waals surface area contributed by atoms with Gasteiger partial charge in [0.05, 0.1) is 4.90 Å². The predicted molar refractivity (Wildman–Crippen MR) is 122 cm³/mol. The second-order valence-electron chi connectivity index (χ2n) is 6.90. The lowest BCUT2D eigenvalue weighted by molar-refractivity contribution is 0.445. The van der Waals surface area contributed by atoms with Crippen molar-refractivity contribution < 1.29 is 8.42 Å². The van der Waals surface area contributed by atoms with Crippen LogP contribution in [0, 0.1) is 27.7 Å². The Kier molecular flexibility index (Phi) is 7.20. The molecule has 0 aliphatic rings. The van der Waals surface area contributed by atoms with Crippen molar-refractivity contribution in [3.8, 4) is 0 Å². The van der Waals surface area contributed by atoms with Crippen LogP contribution in [0.3, 0.4) is 0 Å². The number of hydrogen-bond donors (Lipinski definition) is 2. The molecule has 0 unspecified atom stereocenters.